The van der Waals surface area contributed by atoms with Crippen LogP contribution >= 0.6 is 0 Å². The van der Waals surface area contributed by atoms with Gasteiger partial charge in [-0.25, -0.2) is 9.38 Å². The van der Waals surface area contributed by atoms with E-state index in [4.69, 9.17) is 0 Å². The zero-order valence-corrected chi connectivity index (χ0v) is 9.79. The lowest BCUT2D eigenvalue weighted by molar-refractivity contribution is 0.628. The van der Waals surface area contributed by atoms with Gasteiger partial charge in [0.05, 0.1) is 0 Å². The third kappa shape index (κ3) is 3.81. The minimum Gasteiger partial charge on any atom is -0.324 e. The molecule has 0 aliphatic carbocycles. The molecule has 0 saturated carbocycles. The number of guanidine groups is 1. The van der Waals surface area contributed by atoms with E-state index in [0.717, 1.165) is 17.8 Å². The van der Waals surface area contributed by atoms with E-state index in [1.54, 1.807) is 19.2 Å². The van der Waals surface area contributed by atoms with Crippen molar-refractivity contribution in [2.45, 2.75) is 20.3 Å². The van der Waals surface area contributed by atoms with Crippen molar-refractivity contribution in [1.82, 2.24) is 0 Å². The first-order valence-electron chi connectivity index (χ1n) is 5.19. The maximum Gasteiger partial charge on any atom is 0.222 e. The highest BCUT2D eigenvalue weighted by Gasteiger charge is 1.98. The third-order valence-electron chi connectivity index (χ3n) is 2.12. The molecule has 0 aromatic heterocycles. The molecule has 0 aliphatic rings. The molecule has 1 N–H and O–H groups in total. The van der Waals surface area contributed by atoms with E-state index >= 15 is 0 Å². The van der Waals surface area contributed by atoms with Gasteiger partial charge >= 0.3 is 0 Å². The molecule has 0 radical (unpaired) electrons. The first kappa shape index (κ1) is 12.4. The Balaban J connectivity index is 2.75. The van der Waals surface area contributed by atoms with E-state index in [2.05, 4.69) is 15.3 Å². The van der Waals surface area contributed by atoms with Gasteiger partial charge in [-0.2, -0.15) is 0 Å². The summed E-state index contributed by atoms with van der Waals surface area (Å²) in [6.45, 7) is 3.97. The number of hydrogen-bond acceptors (Lipinski definition) is 1. The van der Waals surface area contributed by atoms with Crippen LogP contribution in [-0.4, -0.2) is 18.7 Å². The van der Waals surface area contributed by atoms with Crippen LogP contribution < -0.4 is 5.32 Å². The van der Waals surface area contributed by atoms with Crippen LogP contribution in [0.2, 0.25) is 0 Å². The van der Waals surface area contributed by atoms with Crippen molar-refractivity contribution >= 4 is 17.4 Å². The largest absolute Gasteiger partial charge is 0.324 e. The fourth-order valence-electron chi connectivity index (χ4n) is 1.06. The zero-order valence-electron chi connectivity index (χ0n) is 9.79. The van der Waals surface area contributed by atoms with Gasteiger partial charge in [-0.05, 0) is 37.6 Å². The molecule has 0 bridgehead atoms. The Labute approximate surface area is 95.1 Å². The SMILES string of the molecule is CC/C(C)=N\C(=NC)Nc1ccc(F)cc1. The number of aliphatic imine (C=N–C) groups is 2. The van der Waals surface area contributed by atoms with Crippen LogP contribution in [0.1, 0.15) is 20.3 Å². The highest BCUT2D eigenvalue weighted by Crippen LogP contribution is 2.08. The average Bonchev–Trinajstić information content (AvgIpc) is 2.30. The molecule has 16 heavy (non-hydrogen) atoms. The van der Waals surface area contributed by atoms with E-state index in [1.807, 2.05) is 13.8 Å². The van der Waals surface area contributed by atoms with Crippen LogP contribution in [-0.2, 0) is 0 Å². The van der Waals surface area contributed by atoms with Gasteiger partial charge in [-0.1, -0.05) is 6.92 Å². The predicted octanol–water partition coefficient (Wildman–Crippen LogP) is 3.09. The van der Waals surface area contributed by atoms with Crippen LogP contribution in [0.25, 0.3) is 0 Å². The maximum atomic E-state index is 12.7. The van der Waals surface area contributed by atoms with Crippen molar-refractivity contribution in [2.75, 3.05) is 12.4 Å². The lowest BCUT2D eigenvalue weighted by Crippen LogP contribution is -2.11. The fraction of sp³-hybridized carbons (Fsp3) is 0.333. The summed E-state index contributed by atoms with van der Waals surface area (Å²) in [5.41, 5.74) is 1.77. The maximum absolute atomic E-state index is 12.7. The summed E-state index contributed by atoms with van der Waals surface area (Å²) in [6.07, 6.45) is 0.879. The van der Waals surface area contributed by atoms with E-state index in [-0.39, 0.29) is 5.82 Å². The molecule has 0 unspecified atom stereocenters. The molecule has 1 aromatic carbocycles. The van der Waals surface area contributed by atoms with Gasteiger partial charge in [-0.3, -0.25) is 4.99 Å². The zero-order chi connectivity index (χ0) is 12.0. The minimum absolute atomic E-state index is 0.256. The summed E-state index contributed by atoms with van der Waals surface area (Å²) in [4.78, 5) is 8.31. The Kier molecular flexibility index (Phi) is 4.64. The quantitative estimate of drug-likeness (QED) is 0.604. The van der Waals surface area contributed by atoms with Gasteiger partial charge < -0.3 is 5.32 Å². The average molecular weight is 221 g/mol. The molecule has 1 rings (SSSR count). The second-order valence-electron chi connectivity index (χ2n) is 3.38. The normalized spacial score (nSPS) is 12.8. The van der Waals surface area contributed by atoms with Crippen LogP contribution in [0.3, 0.4) is 0 Å². The van der Waals surface area contributed by atoms with Crippen molar-refractivity contribution < 1.29 is 4.39 Å². The smallest absolute Gasteiger partial charge is 0.222 e. The highest BCUT2D eigenvalue weighted by molar-refractivity contribution is 6.02. The number of nitrogens with zero attached hydrogens (tertiary/aromatic N) is 2. The Morgan fingerprint density at radius 2 is 1.94 bits per heavy atom. The molecule has 3 nitrogen and oxygen atoms in total. The summed E-state index contributed by atoms with van der Waals surface area (Å²) in [5, 5.41) is 3.02. The molecule has 0 atom stereocenters. The van der Waals surface area contributed by atoms with E-state index in [1.165, 1.54) is 12.1 Å². The number of benzene rings is 1. The standard InChI is InChI=1S/C12H16FN3/c1-4-9(2)15-12(14-3)16-11-7-5-10(13)6-8-11/h5-8H,4H2,1-3H3,(H,14,16)/b15-9-. The molecule has 0 fully saturated rings. The van der Waals surface area contributed by atoms with Crippen LogP contribution in [0.15, 0.2) is 34.3 Å². The van der Waals surface area contributed by atoms with E-state index in [0.29, 0.717) is 5.96 Å². The van der Waals surface area contributed by atoms with Crippen molar-refractivity contribution in [3.8, 4) is 0 Å². The highest BCUT2D eigenvalue weighted by atomic mass is 19.1. The predicted molar refractivity (Wildman–Crippen MR) is 66.8 cm³/mol. The topological polar surface area (TPSA) is 36.8 Å². The molecule has 0 heterocycles. The third-order valence-corrected chi connectivity index (χ3v) is 2.12. The fourth-order valence-corrected chi connectivity index (χ4v) is 1.06. The van der Waals surface area contributed by atoms with Gasteiger partial charge in [0.15, 0.2) is 0 Å². The van der Waals surface area contributed by atoms with Crippen molar-refractivity contribution in [2.24, 2.45) is 9.98 Å². The molecule has 1 aromatic rings. The first-order chi connectivity index (χ1) is 7.65. The van der Waals surface area contributed by atoms with E-state index in [9.17, 15) is 4.39 Å². The molecule has 86 valence electrons. The van der Waals surface area contributed by atoms with Gasteiger partial charge in [0.2, 0.25) is 5.96 Å². The molecule has 4 heteroatoms. The molecular weight excluding hydrogens is 205 g/mol. The Morgan fingerprint density at radius 3 is 2.44 bits per heavy atom. The summed E-state index contributed by atoms with van der Waals surface area (Å²) >= 11 is 0. The number of halogens is 1. The Morgan fingerprint density at radius 1 is 1.31 bits per heavy atom. The van der Waals surface area contributed by atoms with Crippen molar-refractivity contribution in [3.05, 3.63) is 30.1 Å². The number of rotatable bonds is 2. The molecule has 0 aliphatic heterocycles. The van der Waals surface area contributed by atoms with E-state index < -0.39 is 0 Å². The summed E-state index contributed by atoms with van der Waals surface area (Å²) < 4.78 is 12.7. The van der Waals surface area contributed by atoms with Crippen LogP contribution in [0, 0.1) is 5.82 Å². The van der Waals surface area contributed by atoms with Gasteiger partial charge in [-0.15, -0.1) is 0 Å². The first-order valence-corrected chi connectivity index (χ1v) is 5.19. The van der Waals surface area contributed by atoms with Crippen molar-refractivity contribution in [3.63, 3.8) is 0 Å². The Hall–Kier alpha value is -1.71. The van der Waals surface area contributed by atoms with Gasteiger partial charge in [0, 0.05) is 18.4 Å². The number of nitrogens with one attached hydrogen (secondary N) is 1. The van der Waals surface area contributed by atoms with Crippen molar-refractivity contribution in [1.29, 1.82) is 0 Å². The minimum atomic E-state index is -0.256. The van der Waals surface area contributed by atoms with Gasteiger partial charge in [0.25, 0.3) is 0 Å². The summed E-state index contributed by atoms with van der Waals surface area (Å²) in [6, 6.07) is 6.09. The van der Waals surface area contributed by atoms with Gasteiger partial charge in [0.1, 0.15) is 5.82 Å². The molecule has 0 spiro atoms. The monoisotopic (exact) mass is 221 g/mol. The summed E-state index contributed by atoms with van der Waals surface area (Å²) in [7, 11) is 1.66. The van der Waals surface area contributed by atoms with Crippen LogP contribution in [0.4, 0.5) is 10.1 Å². The molecule has 0 amide bonds. The molecule has 0 saturated heterocycles. The Bertz CT molecular complexity index is 393. The number of hydrogen-bond donors (Lipinski definition) is 1. The lowest BCUT2D eigenvalue weighted by Gasteiger charge is -2.05. The number of anilines is 1. The van der Waals surface area contributed by atoms with Crippen LogP contribution in [0.5, 0.6) is 0 Å². The second kappa shape index (κ2) is 6.00. The lowest BCUT2D eigenvalue weighted by atomic mass is 10.3. The second-order valence-corrected chi connectivity index (χ2v) is 3.38. The summed E-state index contributed by atoms with van der Waals surface area (Å²) in [5.74, 6) is 0.278. The molecular formula is C12H16FN3.